The molecule has 0 saturated carbocycles. The first kappa shape index (κ1) is 19.5. The summed E-state index contributed by atoms with van der Waals surface area (Å²) in [5.74, 6) is 0.539. The smallest absolute Gasteiger partial charge is 0.266 e. The van der Waals surface area contributed by atoms with Crippen LogP contribution < -0.4 is 5.73 Å². The van der Waals surface area contributed by atoms with E-state index in [2.05, 4.69) is 54.6 Å². The molecule has 2 N–H and O–H groups in total. The maximum absolute atomic E-state index is 13.4. The number of rotatable bonds is 2. The normalized spacial score (nSPS) is 17.8. The molecule has 2 aliphatic rings. The molecular formula is C27H25N3OS. The molecule has 5 heteroatoms. The van der Waals surface area contributed by atoms with E-state index in [1.54, 1.807) is 0 Å². The molecule has 1 aliphatic carbocycles. The second kappa shape index (κ2) is 7.75. The van der Waals surface area contributed by atoms with Crippen LogP contribution in [0.2, 0.25) is 0 Å². The lowest BCUT2D eigenvalue weighted by Gasteiger charge is -2.28. The number of nitrogens with two attached hydrogens (primary N) is 1. The van der Waals surface area contributed by atoms with Gasteiger partial charge in [0.1, 0.15) is 9.71 Å². The molecule has 1 unspecified atom stereocenters. The number of aryl methyl sites for hydroxylation is 1. The van der Waals surface area contributed by atoms with Crippen LogP contribution in [0.5, 0.6) is 0 Å². The third-order valence-corrected chi connectivity index (χ3v) is 8.07. The van der Waals surface area contributed by atoms with Crippen LogP contribution in [0.15, 0.2) is 60.7 Å². The van der Waals surface area contributed by atoms with Crippen LogP contribution in [0.4, 0.5) is 5.69 Å². The first-order valence-corrected chi connectivity index (χ1v) is 12.1. The van der Waals surface area contributed by atoms with Gasteiger partial charge < -0.3 is 10.6 Å². The Kier molecular flexibility index (Phi) is 4.72. The molecule has 32 heavy (non-hydrogen) atoms. The number of aromatic nitrogens is 1. The number of carbonyl (C=O) groups excluding carboxylic acids is 1. The summed E-state index contributed by atoms with van der Waals surface area (Å²) < 4.78 is 0. The SMILES string of the molecule is Nc1c(C(=O)N2CCc3ccccc3C2)sc2nc3c(cc12)CC(c1ccccc1)CC3. The van der Waals surface area contributed by atoms with Gasteiger partial charge in [-0.1, -0.05) is 54.6 Å². The summed E-state index contributed by atoms with van der Waals surface area (Å²) in [7, 11) is 0. The van der Waals surface area contributed by atoms with Crippen molar-refractivity contribution in [3.8, 4) is 0 Å². The number of thiophene rings is 1. The second-order valence-corrected chi connectivity index (χ2v) is 9.89. The van der Waals surface area contributed by atoms with Gasteiger partial charge >= 0.3 is 0 Å². The van der Waals surface area contributed by atoms with Crippen LogP contribution in [0.1, 0.15) is 50.0 Å². The Hall–Kier alpha value is -3.18. The molecule has 1 aliphatic heterocycles. The van der Waals surface area contributed by atoms with Crippen molar-refractivity contribution >= 4 is 33.1 Å². The fourth-order valence-electron chi connectivity index (χ4n) is 5.17. The van der Waals surface area contributed by atoms with E-state index in [1.165, 1.54) is 33.6 Å². The average Bonchev–Trinajstić information content (AvgIpc) is 3.17. The minimum Gasteiger partial charge on any atom is -0.397 e. The molecular weight excluding hydrogens is 414 g/mol. The van der Waals surface area contributed by atoms with Crippen molar-refractivity contribution in [2.75, 3.05) is 12.3 Å². The third kappa shape index (κ3) is 3.28. The van der Waals surface area contributed by atoms with E-state index in [1.807, 2.05) is 11.0 Å². The molecule has 0 bridgehead atoms. The number of carbonyl (C=O) groups is 1. The quantitative estimate of drug-likeness (QED) is 0.458. The zero-order valence-corrected chi connectivity index (χ0v) is 18.7. The lowest BCUT2D eigenvalue weighted by Crippen LogP contribution is -2.35. The molecule has 160 valence electrons. The Balaban J connectivity index is 1.31. The first-order chi connectivity index (χ1) is 15.7. The number of nitrogens with zero attached hydrogens (tertiary/aromatic N) is 2. The third-order valence-electron chi connectivity index (χ3n) is 6.97. The first-order valence-electron chi connectivity index (χ1n) is 11.3. The Bertz CT molecular complexity index is 1330. The minimum atomic E-state index is 0.0279. The highest BCUT2D eigenvalue weighted by Crippen LogP contribution is 2.39. The number of anilines is 1. The number of amides is 1. The lowest BCUT2D eigenvalue weighted by molar-refractivity contribution is 0.0740. The van der Waals surface area contributed by atoms with Crippen molar-refractivity contribution in [2.24, 2.45) is 0 Å². The number of nitrogen functional groups attached to an aromatic ring is 1. The molecule has 4 aromatic rings. The van der Waals surface area contributed by atoms with Crippen LogP contribution in [-0.4, -0.2) is 22.3 Å². The van der Waals surface area contributed by atoms with E-state index in [4.69, 9.17) is 10.7 Å². The largest absolute Gasteiger partial charge is 0.397 e. The fourth-order valence-corrected chi connectivity index (χ4v) is 6.24. The van der Waals surface area contributed by atoms with Gasteiger partial charge in [0.15, 0.2) is 0 Å². The minimum absolute atomic E-state index is 0.0279. The summed E-state index contributed by atoms with van der Waals surface area (Å²) in [6, 6.07) is 21.3. The Labute approximate surface area is 191 Å². The predicted octanol–water partition coefficient (Wildman–Crippen LogP) is 5.35. The molecule has 0 fully saturated rings. The van der Waals surface area contributed by atoms with E-state index in [9.17, 15) is 4.79 Å². The van der Waals surface area contributed by atoms with Crippen molar-refractivity contribution in [3.63, 3.8) is 0 Å². The Morgan fingerprint density at radius 1 is 1.00 bits per heavy atom. The Morgan fingerprint density at radius 3 is 2.62 bits per heavy atom. The average molecular weight is 440 g/mol. The number of pyridine rings is 1. The van der Waals surface area contributed by atoms with E-state index >= 15 is 0 Å². The van der Waals surface area contributed by atoms with Crippen LogP contribution in [-0.2, 0) is 25.8 Å². The van der Waals surface area contributed by atoms with E-state index < -0.39 is 0 Å². The second-order valence-electron chi connectivity index (χ2n) is 8.89. The number of hydrogen-bond acceptors (Lipinski definition) is 4. The Morgan fingerprint density at radius 2 is 1.78 bits per heavy atom. The van der Waals surface area contributed by atoms with Crippen LogP contribution >= 0.6 is 11.3 Å². The number of fused-ring (bicyclic) bond motifs is 3. The van der Waals surface area contributed by atoms with E-state index in [0.29, 0.717) is 23.0 Å². The number of hydrogen-bond donors (Lipinski definition) is 1. The highest BCUT2D eigenvalue weighted by Gasteiger charge is 2.28. The van der Waals surface area contributed by atoms with Gasteiger partial charge in [-0.15, -0.1) is 11.3 Å². The maximum atomic E-state index is 13.4. The van der Waals surface area contributed by atoms with Crippen LogP contribution in [0.25, 0.3) is 10.2 Å². The summed E-state index contributed by atoms with van der Waals surface area (Å²) >= 11 is 1.45. The summed E-state index contributed by atoms with van der Waals surface area (Å²) in [6.45, 7) is 1.37. The molecule has 1 amide bonds. The van der Waals surface area contributed by atoms with Gasteiger partial charge in [-0.25, -0.2) is 4.98 Å². The highest BCUT2D eigenvalue weighted by molar-refractivity contribution is 7.21. The van der Waals surface area contributed by atoms with Crippen molar-refractivity contribution in [2.45, 2.75) is 38.1 Å². The predicted molar refractivity (Wildman–Crippen MR) is 130 cm³/mol. The molecule has 3 heterocycles. The van der Waals surface area contributed by atoms with Gasteiger partial charge in [0.25, 0.3) is 5.91 Å². The monoisotopic (exact) mass is 439 g/mol. The molecule has 2 aromatic heterocycles. The molecule has 1 atom stereocenters. The standard InChI is InChI=1S/C27H25N3OS/c28-24-22-15-21-14-19(17-6-2-1-3-7-17)10-11-23(21)29-26(22)32-25(24)27(31)30-13-12-18-8-4-5-9-20(18)16-30/h1-9,15,19H,10-14,16,28H2. The topological polar surface area (TPSA) is 59.2 Å². The zero-order valence-electron chi connectivity index (χ0n) is 17.9. The summed E-state index contributed by atoms with van der Waals surface area (Å²) in [4.78, 5) is 21.8. The molecule has 0 saturated heterocycles. The summed E-state index contributed by atoms with van der Waals surface area (Å²) in [5, 5.41) is 0.934. The van der Waals surface area contributed by atoms with Gasteiger partial charge in [0.05, 0.1) is 5.69 Å². The molecule has 2 aromatic carbocycles. The number of benzene rings is 2. The van der Waals surface area contributed by atoms with Crippen molar-refractivity contribution in [1.82, 2.24) is 9.88 Å². The molecule has 0 spiro atoms. The van der Waals surface area contributed by atoms with Crippen molar-refractivity contribution in [3.05, 3.63) is 93.5 Å². The van der Waals surface area contributed by atoms with Gasteiger partial charge in [-0.2, -0.15) is 0 Å². The van der Waals surface area contributed by atoms with Crippen LogP contribution in [0, 0.1) is 0 Å². The van der Waals surface area contributed by atoms with Crippen LogP contribution in [0.3, 0.4) is 0 Å². The molecule has 6 rings (SSSR count). The fraction of sp³-hybridized carbons (Fsp3) is 0.259. The zero-order chi connectivity index (χ0) is 21.7. The summed E-state index contributed by atoms with van der Waals surface area (Å²) in [6.07, 6.45) is 3.94. The maximum Gasteiger partial charge on any atom is 0.266 e. The van der Waals surface area contributed by atoms with Gasteiger partial charge in [-0.3, -0.25) is 4.79 Å². The van der Waals surface area contributed by atoms with E-state index in [0.717, 1.165) is 48.1 Å². The molecule has 4 nitrogen and oxygen atoms in total. The van der Waals surface area contributed by atoms with Gasteiger partial charge in [-0.05, 0) is 59.9 Å². The van der Waals surface area contributed by atoms with Crippen molar-refractivity contribution in [1.29, 1.82) is 0 Å². The lowest BCUT2D eigenvalue weighted by atomic mass is 9.82. The summed E-state index contributed by atoms with van der Waals surface area (Å²) in [5.41, 5.74) is 13.5. The van der Waals surface area contributed by atoms with Gasteiger partial charge in [0.2, 0.25) is 0 Å². The van der Waals surface area contributed by atoms with E-state index in [-0.39, 0.29) is 5.91 Å². The highest BCUT2D eigenvalue weighted by atomic mass is 32.1. The van der Waals surface area contributed by atoms with Crippen molar-refractivity contribution < 1.29 is 4.79 Å². The van der Waals surface area contributed by atoms with Gasteiger partial charge in [0, 0.05) is 24.2 Å². The molecule has 0 radical (unpaired) electrons.